The first-order valence-electron chi connectivity index (χ1n) is 6.52. The van der Waals surface area contributed by atoms with Gasteiger partial charge in [0.1, 0.15) is 11.5 Å². The Bertz CT molecular complexity index is 652. The lowest BCUT2D eigenvalue weighted by atomic mass is 10.2. The molecule has 0 bridgehead atoms. The van der Waals surface area contributed by atoms with Crippen LogP contribution in [0.15, 0.2) is 53.3 Å². The molecule has 0 aromatic heterocycles. The second-order valence-corrected chi connectivity index (χ2v) is 7.14. The van der Waals surface area contributed by atoms with Crippen molar-refractivity contribution in [1.29, 1.82) is 0 Å². The molecule has 2 aromatic carbocycles. The van der Waals surface area contributed by atoms with Crippen molar-refractivity contribution in [2.45, 2.75) is 13.8 Å². The van der Waals surface area contributed by atoms with Gasteiger partial charge in [0.15, 0.2) is 0 Å². The van der Waals surface area contributed by atoms with E-state index in [1.54, 1.807) is 7.05 Å². The van der Waals surface area contributed by atoms with Gasteiger partial charge in [-0.3, -0.25) is 0 Å². The van der Waals surface area contributed by atoms with Crippen LogP contribution in [0.25, 0.3) is 0 Å². The van der Waals surface area contributed by atoms with E-state index < -0.39 is 7.51 Å². The van der Waals surface area contributed by atoms with Gasteiger partial charge in [-0.25, -0.2) is 4.74 Å². The van der Waals surface area contributed by atoms with Crippen LogP contribution in [0.3, 0.4) is 0 Å². The maximum Gasteiger partial charge on any atom is 0.310 e. The number of para-hydroxylation sites is 1. The lowest BCUT2D eigenvalue weighted by Gasteiger charge is -2.22. The van der Waals surface area contributed by atoms with Gasteiger partial charge in [0, 0.05) is 13.7 Å². The summed E-state index contributed by atoms with van der Waals surface area (Å²) in [5, 5.41) is 0. The summed E-state index contributed by atoms with van der Waals surface area (Å²) in [5.74, 6) is 1.61. The van der Waals surface area contributed by atoms with Crippen molar-refractivity contribution >= 4 is 7.51 Å². The first-order valence-corrected chi connectivity index (χ1v) is 8.54. The van der Waals surface area contributed by atoms with E-state index in [1.807, 2.05) is 69.0 Å². The summed E-state index contributed by atoms with van der Waals surface area (Å²) in [6, 6.07) is 15.8. The molecule has 0 spiro atoms. The Morgan fingerprint density at radius 2 is 1.70 bits per heavy atom. The van der Waals surface area contributed by atoms with Gasteiger partial charge in [-0.05, 0) is 43.2 Å². The van der Waals surface area contributed by atoms with E-state index in [0.29, 0.717) is 0 Å². The van der Waals surface area contributed by atoms with Gasteiger partial charge in [-0.2, -0.15) is 0 Å². The summed E-state index contributed by atoms with van der Waals surface area (Å²) in [7, 11) is -0.578. The van der Waals surface area contributed by atoms with E-state index in [2.05, 4.69) is 4.74 Å². The van der Waals surface area contributed by atoms with E-state index in [-0.39, 0.29) is 0 Å². The minimum Gasteiger partial charge on any atom is -0.430 e. The third kappa shape index (κ3) is 3.64. The van der Waals surface area contributed by atoms with Crippen LogP contribution in [0.4, 0.5) is 0 Å². The summed E-state index contributed by atoms with van der Waals surface area (Å²) >= 11 is 0. The number of hydrogen-bond acceptors (Lipinski definition) is 3. The molecule has 3 nitrogen and oxygen atoms in total. The minimum absolute atomic E-state index is 0.792. The molecule has 0 aliphatic heterocycles. The average molecular weight is 289 g/mol. The largest absolute Gasteiger partial charge is 0.430 e. The zero-order valence-electron chi connectivity index (χ0n) is 12.3. The Morgan fingerprint density at radius 3 is 2.35 bits per heavy atom. The number of aryl methyl sites for hydroxylation is 2. The predicted molar refractivity (Wildman–Crippen MR) is 84.8 cm³/mol. The Morgan fingerprint density at radius 1 is 0.950 bits per heavy atom. The molecule has 0 saturated heterocycles. The molecular formula is C16H20NO2P. The molecule has 1 atom stereocenters. The minimum atomic E-state index is -2.32. The molecule has 1 unspecified atom stereocenters. The topological polar surface area (TPSA) is 30.8 Å². The molecule has 0 N–H and O–H groups in total. The fourth-order valence-electron chi connectivity index (χ4n) is 1.81. The Kier molecular flexibility index (Phi) is 4.51. The summed E-state index contributed by atoms with van der Waals surface area (Å²) < 4.78 is 16.4. The van der Waals surface area contributed by atoms with Crippen LogP contribution in [0.5, 0.6) is 11.5 Å². The summed E-state index contributed by atoms with van der Waals surface area (Å²) in [6.45, 7) is 5.97. The first kappa shape index (κ1) is 14.7. The third-order valence-electron chi connectivity index (χ3n) is 2.99. The van der Waals surface area contributed by atoms with E-state index in [4.69, 9.17) is 9.05 Å². The second kappa shape index (κ2) is 6.15. The van der Waals surface area contributed by atoms with Crippen molar-refractivity contribution in [1.82, 2.24) is 0 Å². The van der Waals surface area contributed by atoms with Crippen molar-refractivity contribution in [3.8, 4) is 11.5 Å². The SMILES string of the molecule is CN=P(C)(Oc1cccc(C)c1)Oc1ccccc1C. The zero-order valence-corrected chi connectivity index (χ0v) is 13.2. The van der Waals surface area contributed by atoms with Crippen LogP contribution >= 0.6 is 7.51 Å². The van der Waals surface area contributed by atoms with E-state index in [9.17, 15) is 0 Å². The smallest absolute Gasteiger partial charge is 0.310 e. The first-order chi connectivity index (χ1) is 9.52. The van der Waals surface area contributed by atoms with E-state index in [1.165, 1.54) is 0 Å². The molecular weight excluding hydrogens is 269 g/mol. The molecule has 0 fully saturated rings. The third-order valence-corrected chi connectivity index (χ3v) is 4.80. The van der Waals surface area contributed by atoms with Crippen molar-refractivity contribution in [3.05, 3.63) is 59.7 Å². The fraction of sp³-hybridized carbons (Fsp3) is 0.250. The average Bonchev–Trinajstić information content (AvgIpc) is 2.41. The normalized spacial score (nSPS) is 13.4. The van der Waals surface area contributed by atoms with Gasteiger partial charge in [-0.1, -0.05) is 30.3 Å². The van der Waals surface area contributed by atoms with E-state index >= 15 is 0 Å². The Hall–Kier alpha value is -1.73. The molecule has 0 aliphatic carbocycles. The molecule has 0 heterocycles. The molecule has 2 rings (SSSR count). The van der Waals surface area contributed by atoms with Crippen LogP contribution in [0.1, 0.15) is 11.1 Å². The Labute approximate surface area is 120 Å². The molecule has 2 aromatic rings. The number of nitrogens with zero attached hydrogens (tertiary/aromatic N) is 1. The van der Waals surface area contributed by atoms with Gasteiger partial charge in [-0.15, -0.1) is 0 Å². The summed E-state index contributed by atoms with van der Waals surface area (Å²) in [6.07, 6.45) is 0. The van der Waals surface area contributed by atoms with Crippen LogP contribution in [0.2, 0.25) is 0 Å². The van der Waals surface area contributed by atoms with Crippen molar-refractivity contribution < 1.29 is 9.05 Å². The zero-order chi connectivity index (χ0) is 14.6. The summed E-state index contributed by atoms with van der Waals surface area (Å²) in [5.41, 5.74) is 2.23. The standard InChI is InChI=1S/C16H20NO2P/c1-13-8-7-10-15(12-13)18-20(4,17-3)19-16-11-6-5-9-14(16)2/h5-12H,1-4H3. The molecule has 0 radical (unpaired) electrons. The van der Waals surface area contributed by atoms with Gasteiger partial charge in [0.25, 0.3) is 0 Å². The molecule has 0 saturated carbocycles. The van der Waals surface area contributed by atoms with Crippen molar-refractivity contribution in [3.63, 3.8) is 0 Å². The molecule has 0 amide bonds. The monoisotopic (exact) mass is 289 g/mol. The molecule has 4 heteroatoms. The molecule has 20 heavy (non-hydrogen) atoms. The van der Waals surface area contributed by atoms with E-state index in [0.717, 1.165) is 22.6 Å². The summed E-state index contributed by atoms with van der Waals surface area (Å²) in [4.78, 5) is 0. The van der Waals surface area contributed by atoms with Crippen molar-refractivity contribution in [2.24, 2.45) is 4.74 Å². The maximum absolute atomic E-state index is 6.05. The van der Waals surface area contributed by atoms with Crippen LogP contribution < -0.4 is 9.05 Å². The number of rotatable bonds is 4. The van der Waals surface area contributed by atoms with Gasteiger partial charge < -0.3 is 9.05 Å². The highest BCUT2D eigenvalue weighted by molar-refractivity contribution is 7.56. The maximum atomic E-state index is 6.05. The van der Waals surface area contributed by atoms with Gasteiger partial charge in [0.05, 0.1) is 0 Å². The lowest BCUT2D eigenvalue weighted by molar-refractivity contribution is 0.479. The van der Waals surface area contributed by atoms with Crippen LogP contribution in [-0.4, -0.2) is 13.7 Å². The number of benzene rings is 2. The molecule has 106 valence electrons. The number of hydrogen-bond donors (Lipinski definition) is 0. The second-order valence-electron chi connectivity index (χ2n) is 4.77. The fourth-order valence-corrected chi connectivity index (χ4v) is 3.08. The predicted octanol–water partition coefficient (Wildman–Crippen LogP) is 5.05. The lowest BCUT2D eigenvalue weighted by Crippen LogP contribution is -2.01. The Balaban J connectivity index is 2.24. The highest BCUT2D eigenvalue weighted by Crippen LogP contribution is 2.48. The molecule has 0 aliphatic rings. The highest BCUT2D eigenvalue weighted by Gasteiger charge is 2.18. The highest BCUT2D eigenvalue weighted by atomic mass is 31.2. The van der Waals surface area contributed by atoms with Gasteiger partial charge in [0.2, 0.25) is 0 Å². The van der Waals surface area contributed by atoms with Crippen LogP contribution in [-0.2, 0) is 0 Å². The van der Waals surface area contributed by atoms with Gasteiger partial charge >= 0.3 is 7.51 Å². The van der Waals surface area contributed by atoms with Crippen LogP contribution in [0, 0.1) is 13.8 Å². The van der Waals surface area contributed by atoms with Crippen molar-refractivity contribution in [2.75, 3.05) is 13.7 Å². The quantitative estimate of drug-likeness (QED) is 0.737.